The van der Waals surface area contributed by atoms with E-state index in [4.69, 9.17) is 21.7 Å². The predicted molar refractivity (Wildman–Crippen MR) is 132 cm³/mol. The van der Waals surface area contributed by atoms with Crippen molar-refractivity contribution in [1.82, 2.24) is 0 Å². The Kier molecular flexibility index (Phi) is 5.77. The van der Waals surface area contributed by atoms with Crippen LogP contribution in [-0.2, 0) is 10.3 Å². The molecule has 0 radical (unpaired) electrons. The van der Waals surface area contributed by atoms with Crippen LogP contribution in [-0.4, -0.2) is 20.1 Å². The molecule has 1 aliphatic rings. The first-order valence-corrected chi connectivity index (χ1v) is 12.3. The Morgan fingerprint density at radius 2 is 1.81 bits per heavy atom. The largest absolute Gasteiger partial charge is 0.493 e. The lowest BCUT2D eigenvalue weighted by Gasteiger charge is -2.42. The van der Waals surface area contributed by atoms with E-state index in [1.54, 1.807) is 47.1 Å². The molecule has 4 rings (SSSR count). The average molecular weight is 470 g/mol. The Labute approximate surface area is 194 Å². The Hall–Kier alpha value is -2.48. The van der Waals surface area contributed by atoms with Gasteiger partial charge in [-0.25, -0.2) is 0 Å². The molecule has 160 valence electrons. The van der Waals surface area contributed by atoms with Gasteiger partial charge in [-0.05, 0) is 56.7 Å². The number of anilines is 1. The van der Waals surface area contributed by atoms with Crippen LogP contribution in [0.4, 0.5) is 5.69 Å². The molecule has 3 aromatic rings. The van der Waals surface area contributed by atoms with Crippen LogP contribution in [0.15, 0.2) is 42.5 Å². The molecule has 0 fully saturated rings. The molecule has 1 aromatic heterocycles. The standard InChI is InChI=1S/C24H23NO3S3/c1-14-6-9-17-16(12-14)21-22(30-31-23(21)29)24(2,3)25(17)20(26)11-8-15-7-10-18(27-4)19(13-15)28-5/h6-13H,1-5H3/b11-8-. The van der Waals surface area contributed by atoms with Crippen LogP contribution in [0.3, 0.4) is 0 Å². The van der Waals surface area contributed by atoms with E-state index in [1.807, 2.05) is 35.2 Å². The van der Waals surface area contributed by atoms with Crippen molar-refractivity contribution in [3.8, 4) is 22.6 Å². The van der Waals surface area contributed by atoms with Crippen molar-refractivity contribution in [2.75, 3.05) is 19.1 Å². The van der Waals surface area contributed by atoms with Gasteiger partial charge in [0.05, 0.1) is 30.3 Å². The van der Waals surface area contributed by atoms with E-state index < -0.39 is 5.54 Å². The van der Waals surface area contributed by atoms with Crippen LogP contribution >= 0.6 is 32.9 Å². The smallest absolute Gasteiger partial charge is 0.251 e. The van der Waals surface area contributed by atoms with Crippen LogP contribution in [0.2, 0.25) is 0 Å². The Morgan fingerprint density at radius 3 is 2.52 bits per heavy atom. The molecule has 7 heteroatoms. The van der Waals surface area contributed by atoms with Crippen LogP contribution in [0.25, 0.3) is 17.2 Å². The van der Waals surface area contributed by atoms with Gasteiger partial charge < -0.3 is 9.47 Å². The lowest BCUT2D eigenvalue weighted by molar-refractivity contribution is -0.115. The highest BCUT2D eigenvalue weighted by Crippen LogP contribution is 2.52. The number of aryl methyl sites for hydroxylation is 1. The number of rotatable bonds is 4. The molecule has 2 aromatic carbocycles. The van der Waals surface area contributed by atoms with E-state index >= 15 is 0 Å². The second-order valence-electron chi connectivity index (χ2n) is 7.86. The summed E-state index contributed by atoms with van der Waals surface area (Å²) in [7, 11) is 6.46. The number of fused-ring (bicyclic) bond motifs is 3. The molecule has 0 aliphatic carbocycles. The SMILES string of the molecule is COc1ccc(/C=C\C(=O)N2c3ccc(C)cc3-c3c(ssc3=S)C2(C)C)cc1OC. The van der Waals surface area contributed by atoms with Crippen molar-refractivity contribution in [3.05, 3.63) is 62.3 Å². The van der Waals surface area contributed by atoms with Crippen LogP contribution in [0.5, 0.6) is 11.5 Å². The summed E-state index contributed by atoms with van der Waals surface area (Å²) in [5.41, 5.74) is 4.52. The topological polar surface area (TPSA) is 38.8 Å². The van der Waals surface area contributed by atoms with Gasteiger partial charge in [0.2, 0.25) is 0 Å². The van der Waals surface area contributed by atoms with Crippen molar-refractivity contribution in [2.24, 2.45) is 0 Å². The summed E-state index contributed by atoms with van der Waals surface area (Å²) in [5.74, 6) is 1.19. The number of carbonyl (C=O) groups excluding carboxylic acids is 1. The fraction of sp³-hybridized carbons (Fsp3) is 0.250. The highest BCUT2D eigenvalue weighted by Gasteiger charge is 2.42. The van der Waals surface area contributed by atoms with E-state index in [0.29, 0.717) is 11.5 Å². The van der Waals surface area contributed by atoms with Crippen LogP contribution in [0.1, 0.15) is 29.9 Å². The molecule has 31 heavy (non-hydrogen) atoms. The zero-order valence-electron chi connectivity index (χ0n) is 18.0. The Bertz CT molecular complexity index is 1250. The summed E-state index contributed by atoms with van der Waals surface area (Å²) in [6, 6.07) is 11.8. The van der Waals surface area contributed by atoms with E-state index in [1.165, 1.54) is 0 Å². The Morgan fingerprint density at radius 1 is 1.06 bits per heavy atom. The van der Waals surface area contributed by atoms with Crippen molar-refractivity contribution in [2.45, 2.75) is 26.3 Å². The lowest BCUT2D eigenvalue weighted by Crippen LogP contribution is -2.47. The number of carbonyl (C=O) groups is 1. The number of hydrogen-bond acceptors (Lipinski definition) is 6. The summed E-state index contributed by atoms with van der Waals surface area (Å²) in [6.45, 7) is 6.21. The van der Waals surface area contributed by atoms with E-state index in [-0.39, 0.29) is 5.91 Å². The predicted octanol–water partition coefficient (Wildman–Crippen LogP) is 6.83. The van der Waals surface area contributed by atoms with Crippen molar-refractivity contribution in [3.63, 3.8) is 0 Å². The summed E-state index contributed by atoms with van der Waals surface area (Å²) in [5, 5.41) is 0. The first kappa shape index (κ1) is 21.7. The third-order valence-electron chi connectivity index (χ3n) is 5.46. The van der Waals surface area contributed by atoms with Gasteiger partial charge in [0, 0.05) is 17.2 Å². The van der Waals surface area contributed by atoms with Crippen molar-refractivity contribution >= 4 is 50.6 Å². The zero-order valence-corrected chi connectivity index (χ0v) is 20.5. The molecule has 1 aliphatic heterocycles. The zero-order chi connectivity index (χ0) is 22.3. The fourth-order valence-corrected chi connectivity index (χ4v) is 7.22. The molecule has 0 saturated heterocycles. The van der Waals surface area contributed by atoms with Gasteiger partial charge in [0.1, 0.15) is 3.82 Å². The van der Waals surface area contributed by atoms with Gasteiger partial charge in [-0.1, -0.05) is 50.6 Å². The van der Waals surface area contributed by atoms with Crippen molar-refractivity contribution in [1.29, 1.82) is 0 Å². The number of ether oxygens (including phenoxy) is 2. The molecule has 2 heterocycles. The van der Waals surface area contributed by atoms with Gasteiger partial charge in [-0.3, -0.25) is 9.69 Å². The second-order valence-corrected chi connectivity index (χ2v) is 10.7. The summed E-state index contributed by atoms with van der Waals surface area (Å²) in [4.78, 5) is 16.5. The summed E-state index contributed by atoms with van der Waals surface area (Å²) >= 11 is 5.65. The fourth-order valence-electron chi connectivity index (χ4n) is 3.94. The highest BCUT2D eigenvalue weighted by atomic mass is 32.9. The second kappa shape index (κ2) is 8.22. The molecule has 4 nitrogen and oxygen atoms in total. The number of nitrogens with zero attached hydrogens (tertiary/aromatic N) is 1. The highest BCUT2D eigenvalue weighted by molar-refractivity contribution is 7.80. The monoisotopic (exact) mass is 469 g/mol. The maximum absolute atomic E-state index is 13.5. The van der Waals surface area contributed by atoms with E-state index in [0.717, 1.165) is 36.6 Å². The van der Waals surface area contributed by atoms with Crippen LogP contribution < -0.4 is 14.4 Å². The normalized spacial score (nSPS) is 14.3. The molecule has 0 spiro atoms. The maximum atomic E-state index is 13.5. The van der Waals surface area contributed by atoms with E-state index in [9.17, 15) is 4.79 Å². The van der Waals surface area contributed by atoms with E-state index in [2.05, 4.69) is 26.8 Å². The molecule has 1 amide bonds. The molecule has 0 unspecified atom stereocenters. The number of hydrogen-bond donors (Lipinski definition) is 0. The molecule has 0 atom stereocenters. The minimum Gasteiger partial charge on any atom is -0.493 e. The minimum absolute atomic E-state index is 0.0835. The first-order valence-electron chi connectivity index (χ1n) is 9.77. The molecular weight excluding hydrogens is 446 g/mol. The number of amides is 1. The average Bonchev–Trinajstić information content (AvgIpc) is 3.15. The van der Waals surface area contributed by atoms with Gasteiger partial charge >= 0.3 is 0 Å². The molecular formula is C24H23NO3S3. The van der Waals surface area contributed by atoms with Gasteiger partial charge in [-0.15, -0.1) is 0 Å². The van der Waals surface area contributed by atoms with Crippen molar-refractivity contribution < 1.29 is 14.3 Å². The van der Waals surface area contributed by atoms with Gasteiger partial charge in [-0.2, -0.15) is 0 Å². The van der Waals surface area contributed by atoms with Crippen LogP contribution in [0, 0.1) is 10.7 Å². The third kappa shape index (κ3) is 3.71. The number of methoxy groups -OCH3 is 2. The molecule has 0 saturated carbocycles. The molecule has 0 bridgehead atoms. The maximum Gasteiger partial charge on any atom is 0.251 e. The molecule has 0 N–H and O–H groups in total. The Balaban J connectivity index is 1.76. The third-order valence-corrected chi connectivity index (χ3v) is 8.78. The number of benzene rings is 2. The minimum atomic E-state index is -0.505. The quantitative estimate of drug-likeness (QED) is 0.239. The van der Waals surface area contributed by atoms with Gasteiger partial charge in [0.25, 0.3) is 5.91 Å². The summed E-state index contributed by atoms with van der Waals surface area (Å²) in [6.07, 6.45) is 3.42. The lowest BCUT2D eigenvalue weighted by atomic mass is 9.86. The summed E-state index contributed by atoms with van der Waals surface area (Å²) < 4.78 is 11.5. The van der Waals surface area contributed by atoms with Gasteiger partial charge in [0.15, 0.2) is 11.5 Å². The first-order chi connectivity index (χ1) is 14.8.